The number of hydrogen-bond acceptors (Lipinski definition) is 4. The van der Waals surface area contributed by atoms with E-state index in [1.54, 1.807) is 24.4 Å². The van der Waals surface area contributed by atoms with E-state index in [0.717, 1.165) is 0 Å². The fourth-order valence-corrected chi connectivity index (χ4v) is 3.64. The van der Waals surface area contributed by atoms with Crippen molar-refractivity contribution in [2.45, 2.75) is 11.3 Å². The van der Waals surface area contributed by atoms with Gasteiger partial charge in [-0.1, -0.05) is 0 Å². The maximum absolute atomic E-state index is 12.4. The Kier molecular flexibility index (Phi) is 3.42. The molecule has 0 aliphatic carbocycles. The Hall–Kier alpha value is -1.93. The van der Waals surface area contributed by atoms with Crippen molar-refractivity contribution in [3.8, 4) is 0 Å². The van der Waals surface area contributed by atoms with Crippen molar-refractivity contribution in [3.05, 3.63) is 46.7 Å². The van der Waals surface area contributed by atoms with Gasteiger partial charge in [-0.2, -0.15) is 0 Å². The fraction of sp³-hybridized carbons (Fsp3) is 0.0769. The first-order valence-corrected chi connectivity index (χ1v) is 8.29. The van der Waals surface area contributed by atoms with Crippen molar-refractivity contribution in [2.24, 2.45) is 0 Å². The highest BCUT2D eigenvalue weighted by atomic mass is 79.9. The third-order valence-corrected chi connectivity index (χ3v) is 5.01. The summed E-state index contributed by atoms with van der Waals surface area (Å²) >= 11 is 3.19. The molecule has 0 unspecified atom stereocenters. The molecule has 108 valence electrons. The molecule has 1 aliphatic heterocycles. The molecule has 1 aliphatic rings. The summed E-state index contributed by atoms with van der Waals surface area (Å²) in [4.78, 5) is 15.4. The van der Waals surface area contributed by atoms with Crippen molar-refractivity contribution in [3.63, 3.8) is 0 Å². The Morgan fingerprint density at radius 3 is 2.86 bits per heavy atom. The average molecular weight is 368 g/mol. The van der Waals surface area contributed by atoms with E-state index in [9.17, 15) is 13.2 Å². The van der Waals surface area contributed by atoms with Crippen molar-refractivity contribution in [1.82, 2.24) is 4.98 Å². The number of benzene rings is 1. The van der Waals surface area contributed by atoms with Crippen LogP contribution in [0.15, 0.2) is 46.0 Å². The Labute approximate surface area is 129 Å². The van der Waals surface area contributed by atoms with Crippen LogP contribution in [0.2, 0.25) is 0 Å². The number of sulfonamides is 1. The quantitative estimate of drug-likeness (QED) is 0.813. The van der Waals surface area contributed by atoms with Crippen LogP contribution in [0, 0.1) is 0 Å². The van der Waals surface area contributed by atoms with Gasteiger partial charge in [0.25, 0.3) is 10.0 Å². The zero-order valence-electron chi connectivity index (χ0n) is 10.6. The molecule has 1 amide bonds. The number of carbonyl (C=O) groups is 1. The van der Waals surface area contributed by atoms with Crippen LogP contribution in [0.5, 0.6) is 0 Å². The smallest absolute Gasteiger partial charge is 0.261 e. The number of aromatic nitrogens is 1. The lowest BCUT2D eigenvalue weighted by Gasteiger charge is -2.10. The number of fused-ring (bicyclic) bond motifs is 1. The van der Waals surface area contributed by atoms with Gasteiger partial charge in [-0.25, -0.2) is 13.4 Å². The van der Waals surface area contributed by atoms with E-state index in [2.05, 4.69) is 31.0 Å². The summed E-state index contributed by atoms with van der Waals surface area (Å²) in [6, 6.07) is 7.78. The van der Waals surface area contributed by atoms with Crippen LogP contribution in [0.25, 0.3) is 0 Å². The van der Waals surface area contributed by atoms with Gasteiger partial charge in [-0.05, 0) is 51.8 Å². The van der Waals surface area contributed by atoms with Gasteiger partial charge in [0, 0.05) is 11.9 Å². The van der Waals surface area contributed by atoms with Gasteiger partial charge in [0.1, 0.15) is 4.60 Å². The van der Waals surface area contributed by atoms with Gasteiger partial charge >= 0.3 is 0 Å². The number of rotatable bonds is 3. The van der Waals surface area contributed by atoms with Gasteiger partial charge in [0.15, 0.2) is 0 Å². The lowest BCUT2D eigenvalue weighted by molar-refractivity contribution is -0.115. The molecule has 2 aromatic rings. The van der Waals surface area contributed by atoms with Crippen molar-refractivity contribution < 1.29 is 13.2 Å². The van der Waals surface area contributed by atoms with E-state index in [-0.39, 0.29) is 17.2 Å². The van der Waals surface area contributed by atoms with Crippen LogP contribution in [-0.4, -0.2) is 19.3 Å². The minimum Gasteiger partial charge on any atom is -0.326 e. The molecule has 1 aromatic heterocycles. The van der Waals surface area contributed by atoms with Crippen molar-refractivity contribution in [2.75, 3.05) is 10.0 Å². The van der Waals surface area contributed by atoms with E-state index in [0.29, 0.717) is 21.5 Å². The maximum Gasteiger partial charge on any atom is 0.261 e. The summed E-state index contributed by atoms with van der Waals surface area (Å²) in [5, 5.41) is 2.66. The van der Waals surface area contributed by atoms with E-state index < -0.39 is 10.0 Å². The van der Waals surface area contributed by atoms with Crippen LogP contribution in [0.4, 0.5) is 11.4 Å². The van der Waals surface area contributed by atoms with Gasteiger partial charge in [0.2, 0.25) is 5.91 Å². The van der Waals surface area contributed by atoms with Gasteiger partial charge in [-0.3, -0.25) is 9.52 Å². The molecule has 3 rings (SSSR count). The van der Waals surface area contributed by atoms with E-state index >= 15 is 0 Å². The molecule has 0 fully saturated rings. The fourth-order valence-electron chi connectivity index (χ4n) is 2.04. The first-order chi connectivity index (χ1) is 9.95. The standard InChI is InChI=1S/C13H10BrN3O3S/c14-13-11(2-1-5-15-13)17-21(19,20)9-3-4-10-8(6-9)7-12(18)16-10/h1-6,17H,7H2,(H,16,18). The maximum atomic E-state index is 12.4. The first-order valence-electron chi connectivity index (χ1n) is 6.02. The zero-order chi connectivity index (χ0) is 15.0. The Morgan fingerprint density at radius 1 is 1.29 bits per heavy atom. The predicted octanol–water partition coefficient (Wildman–Crippen LogP) is 2.14. The lowest BCUT2D eigenvalue weighted by Crippen LogP contribution is -2.13. The lowest BCUT2D eigenvalue weighted by atomic mass is 10.2. The number of anilines is 2. The molecule has 8 heteroatoms. The molecule has 0 spiro atoms. The molecule has 2 N–H and O–H groups in total. The second kappa shape index (κ2) is 5.12. The number of carbonyl (C=O) groups excluding carboxylic acids is 1. The van der Waals surface area contributed by atoms with E-state index in [1.807, 2.05) is 0 Å². The second-order valence-corrected chi connectivity index (χ2v) is 6.92. The molecule has 0 saturated heterocycles. The summed E-state index contributed by atoms with van der Waals surface area (Å²) in [7, 11) is -3.73. The molecule has 0 bridgehead atoms. The number of hydrogen-bond donors (Lipinski definition) is 2. The zero-order valence-corrected chi connectivity index (χ0v) is 13.0. The highest BCUT2D eigenvalue weighted by Gasteiger charge is 2.22. The molecular formula is C13H10BrN3O3S. The van der Waals surface area contributed by atoms with Crippen LogP contribution < -0.4 is 10.0 Å². The van der Waals surface area contributed by atoms with Gasteiger partial charge < -0.3 is 5.32 Å². The summed E-state index contributed by atoms with van der Waals surface area (Å²) in [6.07, 6.45) is 1.74. The van der Waals surface area contributed by atoms with E-state index in [1.165, 1.54) is 12.1 Å². The minimum atomic E-state index is -3.73. The SMILES string of the molecule is O=C1Cc2cc(S(=O)(=O)Nc3cccnc3Br)ccc2N1. The van der Waals surface area contributed by atoms with Gasteiger partial charge in [0.05, 0.1) is 17.0 Å². The third kappa shape index (κ3) is 2.77. The minimum absolute atomic E-state index is 0.105. The predicted molar refractivity (Wildman–Crippen MR) is 81.5 cm³/mol. The molecule has 1 aromatic carbocycles. The summed E-state index contributed by atoms with van der Waals surface area (Å²) in [5.41, 5.74) is 1.68. The number of pyridine rings is 1. The summed E-state index contributed by atoms with van der Waals surface area (Å²) in [5.74, 6) is -0.137. The molecule has 6 nitrogen and oxygen atoms in total. The molecule has 0 saturated carbocycles. The van der Waals surface area contributed by atoms with Gasteiger partial charge in [-0.15, -0.1) is 0 Å². The van der Waals surface area contributed by atoms with Crippen LogP contribution >= 0.6 is 15.9 Å². The number of nitrogens with one attached hydrogen (secondary N) is 2. The number of nitrogens with zero attached hydrogens (tertiary/aromatic N) is 1. The third-order valence-electron chi connectivity index (χ3n) is 3.02. The average Bonchev–Trinajstić information content (AvgIpc) is 2.80. The normalized spacial score (nSPS) is 13.7. The summed E-state index contributed by atoms with van der Waals surface area (Å²) in [6.45, 7) is 0. The summed E-state index contributed by atoms with van der Waals surface area (Å²) < 4.78 is 27.6. The van der Waals surface area contributed by atoms with Crippen molar-refractivity contribution >= 4 is 43.2 Å². The topological polar surface area (TPSA) is 88.2 Å². The highest BCUT2D eigenvalue weighted by molar-refractivity contribution is 9.10. The van der Waals surface area contributed by atoms with Crippen LogP contribution in [0.1, 0.15) is 5.56 Å². The Morgan fingerprint density at radius 2 is 2.10 bits per heavy atom. The second-order valence-electron chi connectivity index (χ2n) is 4.49. The number of halogens is 1. The molecule has 2 heterocycles. The largest absolute Gasteiger partial charge is 0.326 e. The molecule has 0 atom stereocenters. The highest BCUT2D eigenvalue weighted by Crippen LogP contribution is 2.28. The monoisotopic (exact) mass is 367 g/mol. The Balaban J connectivity index is 1.95. The van der Waals surface area contributed by atoms with Crippen LogP contribution in [0.3, 0.4) is 0 Å². The molecular weight excluding hydrogens is 358 g/mol. The van der Waals surface area contributed by atoms with Crippen LogP contribution in [-0.2, 0) is 21.2 Å². The Bertz CT molecular complexity index is 836. The first kappa shape index (κ1) is 14.0. The van der Waals surface area contributed by atoms with Crippen molar-refractivity contribution in [1.29, 1.82) is 0 Å². The molecule has 21 heavy (non-hydrogen) atoms. The molecule has 0 radical (unpaired) electrons. The van der Waals surface area contributed by atoms with E-state index in [4.69, 9.17) is 0 Å². The number of amides is 1.